The van der Waals surface area contributed by atoms with Gasteiger partial charge in [0, 0.05) is 6.42 Å². The zero-order chi connectivity index (χ0) is 14.5. The molecule has 1 atom stereocenters. The highest BCUT2D eigenvalue weighted by atomic mass is 16.5. The summed E-state index contributed by atoms with van der Waals surface area (Å²) in [5.74, 6) is 0.676. The van der Waals surface area contributed by atoms with Gasteiger partial charge in [-0.3, -0.25) is 9.59 Å². The van der Waals surface area contributed by atoms with Crippen molar-refractivity contribution in [2.24, 2.45) is 0 Å². The predicted molar refractivity (Wildman–Crippen MR) is 74.7 cm³/mol. The van der Waals surface area contributed by atoms with Gasteiger partial charge in [0.15, 0.2) is 5.78 Å². The molecule has 0 saturated heterocycles. The first kappa shape index (κ1) is 14.3. The summed E-state index contributed by atoms with van der Waals surface area (Å²) in [6.45, 7) is 0. The molecule has 0 saturated carbocycles. The normalized spacial score (nSPS) is 18.4. The Balaban J connectivity index is 2.11. The number of hydrogen-bond acceptors (Lipinski definition) is 4. The Hall–Kier alpha value is -2.10. The minimum absolute atomic E-state index is 0.0657. The number of allylic oxidation sites excluding steroid dienone is 1. The highest BCUT2D eigenvalue weighted by molar-refractivity contribution is 5.93. The molecule has 1 aromatic rings. The van der Waals surface area contributed by atoms with E-state index in [2.05, 4.69) is 4.74 Å². The Morgan fingerprint density at radius 2 is 1.90 bits per heavy atom. The van der Waals surface area contributed by atoms with Crippen LogP contribution < -0.4 is 4.74 Å². The van der Waals surface area contributed by atoms with Gasteiger partial charge in [-0.1, -0.05) is 17.7 Å². The van der Waals surface area contributed by atoms with Gasteiger partial charge in [0.2, 0.25) is 0 Å². The van der Waals surface area contributed by atoms with Gasteiger partial charge in [-0.25, -0.2) is 0 Å². The molecular formula is C16H18O4. The minimum Gasteiger partial charge on any atom is -0.497 e. The third kappa shape index (κ3) is 3.47. The van der Waals surface area contributed by atoms with Crippen molar-refractivity contribution >= 4 is 11.8 Å². The lowest BCUT2D eigenvalue weighted by molar-refractivity contribution is -0.139. The summed E-state index contributed by atoms with van der Waals surface area (Å²) in [6, 6.07) is 7.71. The number of carbonyl (C=O) groups excluding carboxylic acids is 2. The molecule has 0 aliphatic heterocycles. The van der Waals surface area contributed by atoms with Crippen LogP contribution in [0.1, 0.15) is 30.7 Å². The Morgan fingerprint density at radius 3 is 2.50 bits per heavy atom. The number of methoxy groups -OCH3 is 2. The molecule has 106 valence electrons. The van der Waals surface area contributed by atoms with Gasteiger partial charge >= 0.3 is 5.97 Å². The largest absolute Gasteiger partial charge is 0.497 e. The maximum Gasteiger partial charge on any atom is 0.309 e. The fourth-order valence-corrected chi connectivity index (χ4v) is 2.47. The third-order valence-corrected chi connectivity index (χ3v) is 3.51. The maximum absolute atomic E-state index is 11.8. The van der Waals surface area contributed by atoms with E-state index < -0.39 is 0 Å². The smallest absolute Gasteiger partial charge is 0.309 e. The van der Waals surface area contributed by atoms with Crippen LogP contribution in [0.2, 0.25) is 0 Å². The van der Waals surface area contributed by atoms with Crippen molar-refractivity contribution in [2.45, 2.75) is 25.2 Å². The van der Waals surface area contributed by atoms with Crippen LogP contribution in [0.3, 0.4) is 0 Å². The zero-order valence-corrected chi connectivity index (χ0v) is 11.7. The molecule has 1 aliphatic rings. The Kier molecular flexibility index (Phi) is 4.56. The van der Waals surface area contributed by atoms with E-state index in [1.165, 1.54) is 7.11 Å². The van der Waals surface area contributed by atoms with Crippen LogP contribution in [-0.4, -0.2) is 26.0 Å². The lowest BCUT2D eigenvalue weighted by atomic mass is 9.82. The molecule has 0 N–H and O–H groups in total. The second kappa shape index (κ2) is 6.37. The quantitative estimate of drug-likeness (QED) is 0.792. The van der Waals surface area contributed by atoms with Gasteiger partial charge in [0.1, 0.15) is 5.75 Å². The van der Waals surface area contributed by atoms with E-state index >= 15 is 0 Å². The van der Waals surface area contributed by atoms with Crippen LogP contribution in [0.5, 0.6) is 5.75 Å². The first-order chi connectivity index (χ1) is 9.62. The van der Waals surface area contributed by atoms with E-state index in [1.807, 2.05) is 24.3 Å². The predicted octanol–water partition coefficient (Wildman–Crippen LogP) is 2.63. The number of ketones is 1. The first-order valence-electron chi connectivity index (χ1n) is 6.55. The van der Waals surface area contributed by atoms with Crippen molar-refractivity contribution in [3.05, 3.63) is 41.5 Å². The number of hydrogen-bond donors (Lipinski definition) is 0. The van der Waals surface area contributed by atoms with Gasteiger partial charge in [0.25, 0.3) is 0 Å². The summed E-state index contributed by atoms with van der Waals surface area (Å²) in [6.07, 6.45) is 2.97. The van der Waals surface area contributed by atoms with Crippen molar-refractivity contribution in [3.63, 3.8) is 0 Å². The second-order valence-corrected chi connectivity index (χ2v) is 4.90. The lowest BCUT2D eigenvalue weighted by Gasteiger charge is -2.22. The molecule has 0 aromatic heterocycles. The molecule has 1 aliphatic carbocycles. The Labute approximate surface area is 118 Å². The molecule has 0 fully saturated rings. The number of esters is 1. The maximum atomic E-state index is 11.8. The average molecular weight is 274 g/mol. The van der Waals surface area contributed by atoms with Gasteiger partial charge in [-0.15, -0.1) is 0 Å². The standard InChI is InChI=1S/C16H18O4/c1-19-15-5-3-12(4-6-15)13-7-11(8-14(17)10-13)9-16(18)20-2/h3-6,8,13H,7,9-10H2,1-2H3/t13-/m0/s1. The van der Waals surface area contributed by atoms with E-state index in [0.29, 0.717) is 12.8 Å². The molecule has 0 amide bonds. The SMILES string of the molecule is COC(=O)CC1=CC(=O)C[C@@H](c2ccc(OC)cc2)C1. The first-order valence-corrected chi connectivity index (χ1v) is 6.55. The van der Waals surface area contributed by atoms with Gasteiger partial charge < -0.3 is 9.47 Å². The van der Waals surface area contributed by atoms with Crippen molar-refractivity contribution in [2.75, 3.05) is 14.2 Å². The van der Waals surface area contributed by atoms with Gasteiger partial charge in [0.05, 0.1) is 20.6 Å². The molecule has 0 radical (unpaired) electrons. The summed E-state index contributed by atoms with van der Waals surface area (Å²) < 4.78 is 9.78. The van der Waals surface area contributed by atoms with Gasteiger partial charge in [-0.05, 0) is 36.1 Å². The fraction of sp³-hybridized carbons (Fsp3) is 0.375. The number of ether oxygens (including phenoxy) is 2. The van der Waals surface area contributed by atoms with Crippen LogP contribution in [-0.2, 0) is 14.3 Å². The third-order valence-electron chi connectivity index (χ3n) is 3.51. The van der Waals surface area contributed by atoms with Crippen LogP contribution in [0, 0.1) is 0 Å². The minimum atomic E-state index is -0.306. The average Bonchev–Trinajstić information content (AvgIpc) is 2.46. The van der Waals surface area contributed by atoms with Crippen molar-refractivity contribution in [1.82, 2.24) is 0 Å². The van der Waals surface area contributed by atoms with E-state index in [1.54, 1.807) is 13.2 Å². The van der Waals surface area contributed by atoms with Crippen LogP contribution in [0.4, 0.5) is 0 Å². The second-order valence-electron chi connectivity index (χ2n) is 4.90. The van der Waals surface area contributed by atoms with Gasteiger partial charge in [-0.2, -0.15) is 0 Å². The zero-order valence-electron chi connectivity index (χ0n) is 11.7. The van der Waals surface area contributed by atoms with E-state index in [-0.39, 0.29) is 24.1 Å². The molecule has 2 rings (SSSR count). The molecule has 0 unspecified atom stereocenters. The lowest BCUT2D eigenvalue weighted by Crippen LogP contribution is -2.15. The summed E-state index contributed by atoms with van der Waals surface area (Å²) >= 11 is 0. The van der Waals surface area contributed by atoms with E-state index in [4.69, 9.17) is 4.74 Å². The molecule has 4 nitrogen and oxygen atoms in total. The molecule has 20 heavy (non-hydrogen) atoms. The summed E-state index contributed by atoms with van der Waals surface area (Å²) in [7, 11) is 2.98. The van der Waals surface area contributed by atoms with E-state index in [9.17, 15) is 9.59 Å². The molecule has 4 heteroatoms. The highest BCUT2D eigenvalue weighted by Crippen LogP contribution is 2.33. The molecule has 0 spiro atoms. The van der Waals surface area contributed by atoms with Crippen molar-refractivity contribution in [1.29, 1.82) is 0 Å². The highest BCUT2D eigenvalue weighted by Gasteiger charge is 2.23. The Bertz CT molecular complexity index is 528. The van der Waals surface area contributed by atoms with E-state index in [0.717, 1.165) is 16.9 Å². The van der Waals surface area contributed by atoms with Crippen molar-refractivity contribution in [3.8, 4) is 5.75 Å². The summed E-state index contributed by atoms with van der Waals surface area (Å²) in [5.41, 5.74) is 1.93. The van der Waals surface area contributed by atoms with Crippen molar-refractivity contribution < 1.29 is 19.1 Å². The number of carbonyl (C=O) groups is 2. The fourth-order valence-electron chi connectivity index (χ4n) is 2.47. The molecule has 1 aromatic carbocycles. The topological polar surface area (TPSA) is 52.6 Å². The summed E-state index contributed by atoms with van der Waals surface area (Å²) in [5, 5.41) is 0. The number of benzene rings is 1. The molecule has 0 heterocycles. The van der Waals surface area contributed by atoms with Crippen LogP contribution in [0.15, 0.2) is 35.9 Å². The molecule has 0 bridgehead atoms. The Morgan fingerprint density at radius 1 is 1.20 bits per heavy atom. The monoisotopic (exact) mass is 274 g/mol. The summed E-state index contributed by atoms with van der Waals surface area (Å²) in [4.78, 5) is 23.1. The molecular weight excluding hydrogens is 256 g/mol. The van der Waals surface area contributed by atoms with Crippen LogP contribution >= 0.6 is 0 Å². The van der Waals surface area contributed by atoms with Crippen LogP contribution in [0.25, 0.3) is 0 Å². The number of rotatable bonds is 4.